The molecule has 0 aliphatic carbocycles. The first kappa shape index (κ1) is 18.5. The molecule has 138 valence electrons. The summed E-state index contributed by atoms with van der Waals surface area (Å²) >= 11 is 1.52. The topological polar surface area (TPSA) is 96.3 Å². The van der Waals surface area contributed by atoms with Crippen LogP contribution >= 0.6 is 11.8 Å². The summed E-state index contributed by atoms with van der Waals surface area (Å²) in [4.78, 5) is 25.6. The third-order valence-electron chi connectivity index (χ3n) is 3.91. The van der Waals surface area contributed by atoms with Crippen LogP contribution in [0.2, 0.25) is 0 Å². The molecular weight excluding hydrogens is 364 g/mol. The van der Waals surface area contributed by atoms with Gasteiger partial charge in [0.1, 0.15) is 0 Å². The van der Waals surface area contributed by atoms with E-state index in [9.17, 15) is 14.7 Å². The molecule has 2 aromatic carbocycles. The van der Waals surface area contributed by atoms with Crippen molar-refractivity contribution in [3.05, 3.63) is 71.5 Å². The molecule has 3 N–H and O–H groups in total. The molecule has 0 aliphatic heterocycles. The van der Waals surface area contributed by atoms with Gasteiger partial charge >= 0.3 is 0 Å². The zero-order valence-corrected chi connectivity index (χ0v) is 15.6. The molecule has 8 heteroatoms. The molecule has 0 aliphatic rings. The maximum absolute atomic E-state index is 12.4. The SMILES string of the molecule is CSc1ccc(C)c(C(=O)NNC(=O)c2nn(-c3ccccc3)cc2O)c1. The van der Waals surface area contributed by atoms with Crippen LogP contribution in [0.15, 0.2) is 59.6 Å². The normalized spacial score (nSPS) is 10.4. The van der Waals surface area contributed by atoms with Crippen molar-refractivity contribution in [3.8, 4) is 11.4 Å². The molecule has 3 rings (SSSR count). The quantitative estimate of drug-likeness (QED) is 0.476. The number of para-hydroxylation sites is 1. The van der Waals surface area contributed by atoms with Gasteiger partial charge < -0.3 is 5.11 Å². The molecule has 27 heavy (non-hydrogen) atoms. The van der Waals surface area contributed by atoms with Crippen molar-refractivity contribution >= 4 is 23.6 Å². The molecule has 0 unspecified atom stereocenters. The van der Waals surface area contributed by atoms with Crippen molar-refractivity contribution < 1.29 is 14.7 Å². The van der Waals surface area contributed by atoms with E-state index >= 15 is 0 Å². The summed E-state index contributed by atoms with van der Waals surface area (Å²) in [5.74, 6) is -1.45. The number of amides is 2. The Labute approximate surface area is 160 Å². The number of aryl methyl sites for hydroxylation is 1. The Morgan fingerprint density at radius 3 is 2.48 bits per heavy atom. The Kier molecular flexibility index (Phi) is 5.46. The lowest BCUT2D eigenvalue weighted by molar-refractivity contribution is 0.0841. The number of nitrogens with zero attached hydrogens (tertiary/aromatic N) is 2. The largest absolute Gasteiger partial charge is 0.504 e. The van der Waals surface area contributed by atoms with Gasteiger partial charge in [-0.25, -0.2) is 4.68 Å². The number of aromatic nitrogens is 2. The van der Waals surface area contributed by atoms with Crippen LogP contribution in [0.1, 0.15) is 26.4 Å². The third-order valence-corrected chi connectivity index (χ3v) is 4.63. The summed E-state index contributed by atoms with van der Waals surface area (Å²) in [5, 5.41) is 14.1. The van der Waals surface area contributed by atoms with E-state index in [0.717, 1.165) is 10.5 Å². The lowest BCUT2D eigenvalue weighted by Crippen LogP contribution is -2.42. The zero-order valence-electron chi connectivity index (χ0n) is 14.8. The summed E-state index contributed by atoms with van der Waals surface area (Å²) in [7, 11) is 0. The van der Waals surface area contributed by atoms with Crippen molar-refractivity contribution in [1.29, 1.82) is 0 Å². The first-order valence-corrected chi connectivity index (χ1v) is 9.31. The van der Waals surface area contributed by atoms with Crippen LogP contribution in [0.4, 0.5) is 0 Å². The average Bonchev–Trinajstić information content (AvgIpc) is 3.08. The molecule has 0 spiro atoms. The second-order valence-corrected chi connectivity index (χ2v) is 6.61. The Morgan fingerprint density at radius 1 is 1.07 bits per heavy atom. The summed E-state index contributed by atoms with van der Waals surface area (Å²) in [5.41, 5.74) is 6.40. The second-order valence-electron chi connectivity index (χ2n) is 5.73. The Morgan fingerprint density at radius 2 is 1.78 bits per heavy atom. The standard InChI is InChI=1S/C19H18N4O3S/c1-12-8-9-14(27-2)10-15(12)18(25)20-21-19(26)17-16(24)11-23(22-17)13-6-4-3-5-7-13/h3-11,24H,1-2H3,(H,20,25)(H,21,26). The van der Waals surface area contributed by atoms with E-state index < -0.39 is 11.8 Å². The van der Waals surface area contributed by atoms with Crippen molar-refractivity contribution in [2.24, 2.45) is 0 Å². The molecule has 2 amide bonds. The molecule has 7 nitrogen and oxygen atoms in total. The van der Waals surface area contributed by atoms with Crippen molar-refractivity contribution in [3.63, 3.8) is 0 Å². The molecule has 0 radical (unpaired) electrons. The van der Waals surface area contributed by atoms with Crippen LogP contribution in [-0.2, 0) is 0 Å². The highest BCUT2D eigenvalue weighted by atomic mass is 32.2. The number of hydrogen-bond donors (Lipinski definition) is 3. The van der Waals surface area contributed by atoms with E-state index in [2.05, 4.69) is 16.0 Å². The van der Waals surface area contributed by atoms with Gasteiger partial charge in [-0.2, -0.15) is 5.10 Å². The zero-order chi connectivity index (χ0) is 19.4. The van der Waals surface area contributed by atoms with Crippen LogP contribution in [-0.4, -0.2) is 33.0 Å². The lowest BCUT2D eigenvalue weighted by atomic mass is 10.1. The van der Waals surface area contributed by atoms with E-state index in [-0.39, 0.29) is 11.4 Å². The van der Waals surface area contributed by atoms with E-state index in [1.807, 2.05) is 43.5 Å². The number of hydrogen-bond acceptors (Lipinski definition) is 5. The minimum absolute atomic E-state index is 0.186. The van der Waals surface area contributed by atoms with Crippen LogP contribution < -0.4 is 10.9 Å². The monoisotopic (exact) mass is 382 g/mol. The van der Waals surface area contributed by atoms with Crippen molar-refractivity contribution in [2.75, 3.05) is 6.26 Å². The number of rotatable bonds is 4. The summed E-state index contributed by atoms with van der Waals surface area (Å²) in [6, 6.07) is 14.6. The maximum Gasteiger partial charge on any atom is 0.294 e. The fraction of sp³-hybridized carbons (Fsp3) is 0.105. The van der Waals surface area contributed by atoms with Gasteiger partial charge in [-0.15, -0.1) is 11.8 Å². The number of carbonyl (C=O) groups excluding carboxylic acids is 2. The lowest BCUT2D eigenvalue weighted by Gasteiger charge is -2.09. The minimum atomic E-state index is -0.714. The average molecular weight is 382 g/mol. The smallest absolute Gasteiger partial charge is 0.294 e. The summed E-state index contributed by atoms with van der Waals surface area (Å²) in [6.07, 6.45) is 3.25. The van der Waals surface area contributed by atoms with Gasteiger partial charge in [0.05, 0.1) is 11.9 Å². The molecule has 0 saturated carbocycles. The molecule has 0 atom stereocenters. The third kappa shape index (κ3) is 4.12. The van der Waals surface area contributed by atoms with Crippen LogP contribution in [0.5, 0.6) is 5.75 Å². The maximum atomic E-state index is 12.4. The van der Waals surface area contributed by atoms with Crippen LogP contribution in [0.25, 0.3) is 5.69 Å². The molecule has 0 bridgehead atoms. The van der Waals surface area contributed by atoms with Gasteiger partial charge in [-0.3, -0.25) is 20.4 Å². The highest BCUT2D eigenvalue weighted by Crippen LogP contribution is 2.19. The highest BCUT2D eigenvalue weighted by Gasteiger charge is 2.18. The molecule has 1 aromatic heterocycles. The first-order valence-electron chi connectivity index (χ1n) is 8.09. The fourth-order valence-corrected chi connectivity index (χ4v) is 2.89. The fourth-order valence-electron chi connectivity index (χ4n) is 2.45. The predicted octanol–water partition coefficient (Wildman–Crippen LogP) is 2.68. The summed E-state index contributed by atoms with van der Waals surface area (Å²) in [6.45, 7) is 1.81. The number of aromatic hydroxyl groups is 1. The number of benzene rings is 2. The molecule has 0 saturated heterocycles. The Balaban J connectivity index is 1.71. The van der Waals surface area contributed by atoms with Crippen molar-refractivity contribution in [2.45, 2.75) is 11.8 Å². The van der Waals surface area contributed by atoms with Gasteiger partial charge in [0.2, 0.25) is 0 Å². The second kappa shape index (κ2) is 7.96. The van der Waals surface area contributed by atoms with E-state index in [4.69, 9.17) is 0 Å². The first-order chi connectivity index (χ1) is 13.0. The molecular formula is C19H18N4O3S. The van der Waals surface area contributed by atoms with Gasteiger partial charge in [0, 0.05) is 10.5 Å². The number of nitrogens with one attached hydrogen (secondary N) is 2. The molecule has 3 aromatic rings. The number of hydrazine groups is 1. The Bertz CT molecular complexity index is 986. The van der Waals surface area contributed by atoms with Gasteiger partial charge in [-0.05, 0) is 43.0 Å². The number of thioether (sulfide) groups is 1. The minimum Gasteiger partial charge on any atom is -0.504 e. The van der Waals surface area contributed by atoms with Gasteiger partial charge in [0.25, 0.3) is 11.8 Å². The van der Waals surface area contributed by atoms with Crippen LogP contribution in [0, 0.1) is 6.92 Å². The van der Waals surface area contributed by atoms with Crippen LogP contribution in [0.3, 0.4) is 0 Å². The van der Waals surface area contributed by atoms with E-state index in [1.54, 1.807) is 18.2 Å². The van der Waals surface area contributed by atoms with E-state index in [0.29, 0.717) is 11.3 Å². The molecule has 0 fully saturated rings. The predicted molar refractivity (Wildman–Crippen MR) is 103 cm³/mol. The highest BCUT2D eigenvalue weighted by molar-refractivity contribution is 7.98. The van der Waals surface area contributed by atoms with Gasteiger partial charge in [-0.1, -0.05) is 24.3 Å². The van der Waals surface area contributed by atoms with Crippen molar-refractivity contribution in [1.82, 2.24) is 20.6 Å². The van der Waals surface area contributed by atoms with Gasteiger partial charge in [0.15, 0.2) is 11.4 Å². The van der Waals surface area contributed by atoms with E-state index in [1.165, 1.54) is 22.6 Å². The molecule has 1 heterocycles. The Hall–Kier alpha value is -3.26. The summed E-state index contributed by atoms with van der Waals surface area (Å²) < 4.78 is 1.39. The number of carbonyl (C=O) groups is 2.